The number of fused-ring (bicyclic) bond motifs is 3. The maximum atomic E-state index is 3.72. The maximum Gasteiger partial charge on any atom is 0.0446 e. The van der Waals surface area contributed by atoms with E-state index in [4.69, 9.17) is 0 Å². The smallest absolute Gasteiger partial charge is 0.0446 e. The molecule has 0 saturated carbocycles. The molecule has 2 atom stereocenters. The Labute approximate surface area is 126 Å². The minimum absolute atomic E-state index is 0.485. The topological polar surface area (TPSA) is 12.0 Å². The minimum atomic E-state index is 0.485. The lowest BCUT2D eigenvalue weighted by atomic mass is 9.89. The van der Waals surface area contributed by atoms with Gasteiger partial charge in [0.2, 0.25) is 0 Å². The van der Waals surface area contributed by atoms with E-state index >= 15 is 0 Å². The predicted molar refractivity (Wildman–Crippen MR) is 90.3 cm³/mol. The van der Waals surface area contributed by atoms with Crippen molar-refractivity contribution < 1.29 is 0 Å². The molecule has 1 aliphatic heterocycles. The van der Waals surface area contributed by atoms with Gasteiger partial charge in [-0.25, -0.2) is 0 Å². The lowest BCUT2D eigenvalue weighted by Gasteiger charge is -2.36. The Morgan fingerprint density at radius 1 is 1.20 bits per heavy atom. The summed E-state index contributed by atoms with van der Waals surface area (Å²) >= 11 is 2.11. The van der Waals surface area contributed by atoms with E-state index in [0.29, 0.717) is 17.2 Å². The fourth-order valence-electron chi connectivity index (χ4n) is 3.28. The van der Waals surface area contributed by atoms with Crippen LogP contribution in [-0.4, -0.2) is 11.8 Å². The molecule has 2 heteroatoms. The average Bonchev–Trinajstić information content (AvgIpc) is 2.47. The molecule has 1 heterocycles. The summed E-state index contributed by atoms with van der Waals surface area (Å²) < 4.78 is 0. The van der Waals surface area contributed by atoms with Gasteiger partial charge in [-0.3, -0.25) is 0 Å². The standard InChI is InChI=1S/C18H23NS/c1-4-19-17-15-10-9-13-7-5-6-8-14(13)16(15)11-20-18(17)12(2)3/h5-10,12,17-19H,4,11H2,1-3H3. The molecule has 0 fully saturated rings. The lowest BCUT2D eigenvalue weighted by Crippen LogP contribution is -2.36. The van der Waals surface area contributed by atoms with Gasteiger partial charge in [0, 0.05) is 17.0 Å². The second-order valence-corrected chi connectivity index (χ2v) is 7.08. The van der Waals surface area contributed by atoms with Crippen LogP contribution in [-0.2, 0) is 5.75 Å². The summed E-state index contributed by atoms with van der Waals surface area (Å²) in [4.78, 5) is 0. The fourth-order valence-corrected chi connectivity index (χ4v) is 4.78. The number of rotatable bonds is 3. The highest BCUT2D eigenvalue weighted by Gasteiger charge is 2.32. The van der Waals surface area contributed by atoms with Crippen molar-refractivity contribution >= 4 is 22.5 Å². The van der Waals surface area contributed by atoms with Crippen LogP contribution in [0.25, 0.3) is 10.8 Å². The summed E-state index contributed by atoms with van der Waals surface area (Å²) in [6, 6.07) is 13.9. The molecule has 0 bridgehead atoms. The Kier molecular flexibility index (Phi) is 4.04. The summed E-state index contributed by atoms with van der Waals surface area (Å²) in [7, 11) is 0. The first-order valence-corrected chi connectivity index (χ1v) is 8.62. The first-order valence-electron chi connectivity index (χ1n) is 7.58. The molecular formula is C18H23NS. The molecule has 0 aromatic heterocycles. The van der Waals surface area contributed by atoms with Gasteiger partial charge in [-0.05, 0) is 34.4 Å². The van der Waals surface area contributed by atoms with Crippen molar-refractivity contribution in [2.75, 3.05) is 6.54 Å². The molecule has 1 N–H and O–H groups in total. The lowest BCUT2D eigenvalue weighted by molar-refractivity contribution is 0.447. The Morgan fingerprint density at radius 3 is 2.75 bits per heavy atom. The summed E-state index contributed by atoms with van der Waals surface area (Å²) in [5.41, 5.74) is 3.05. The number of hydrogen-bond donors (Lipinski definition) is 1. The third kappa shape index (κ3) is 2.36. The quantitative estimate of drug-likeness (QED) is 0.872. The Bertz CT molecular complexity index is 605. The first kappa shape index (κ1) is 14.0. The second-order valence-electron chi connectivity index (χ2n) is 5.91. The molecule has 106 valence electrons. The van der Waals surface area contributed by atoms with Crippen molar-refractivity contribution in [3.05, 3.63) is 47.5 Å². The molecular weight excluding hydrogens is 262 g/mol. The van der Waals surface area contributed by atoms with Crippen LogP contribution in [0.2, 0.25) is 0 Å². The van der Waals surface area contributed by atoms with Crippen molar-refractivity contribution in [3.8, 4) is 0 Å². The Morgan fingerprint density at radius 2 is 2.00 bits per heavy atom. The van der Waals surface area contributed by atoms with Gasteiger partial charge in [0.15, 0.2) is 0 Å². The minimum Gasteiger partial charge on any atom is -0.309 e. The Balaban J connectivity index is 2.12. The normalized spacial score (nSPS) is 22.2. The van der Waals surface area contributed by atoms with E-state index < -0.39 is 0 Å². The van der Waals surface area contributed by atoms with Crippen molar-refractivity contribution in [1.29, 1.82) is 0 Å². The monoisotopic (exact) mass is 285 g/mol. The SMILES string of the molecule is CCNC1c2ccc3ccccc3c2CSC1C(C)C. The van der Waals surface area contributed by atoms with Gasteiger partial charge in [-0.2, -0.15) is 11.8 Å². The van der Waals surface area contributed by atoms with Crippen LogP contribution >= 0.6 is 11.8 Å². The zero-order valence-electron chi connectivity index (χ0n) is 12.5. The van der Waals surface area contributed by atoms with Gasteiger partial charge in [0.05, 0.1) is 0 Å². The molecule has 3 rings (SSSR count). The molecule has 0 radical (unpaired) electrons. The predicted octanol–water partition coefficient (Wildman–Crippen LogP) is 4.76. The van der Waals surface area contributed by atoms with Crippen molar-refractivity contribution in [2.45, 2.75) is 37.8 Å². The van der Waals surface area contributed by atoms with Crippen LogP contribution in [0, 0.1) is 5.92 Å². The summed E-state index contributed by atoms with van der Waals surface area (Å²) in [6.07, 6.45) is 0. The van der Waals surface area contributed by atoms with Gasteiger partial charge in [-0.1, -0.05) is 57.2 Å². The average molecular weight is 285 g/mol. The van der Waals surface area contributed by atoms with Crippen LogP contribution in [0.3, 0.4) is 0 Å². The molecule has 1 nitrogen and oxygen atoms in total. The van der Waals surface area contributed by atoms with E-state index in [9.17, 15) is 0 Å². The summed E-state index contributed by atoms with van der Waals surface area (Å²) in [5, 5.41) is 7.18. The third-order valence-electron chi connectivity index (χ3n) is 4.24. The van der Waals surface area contributed by atoms with Gasteiger partial charge in [0.25, 0.3) is 0 Å². The molecule has 20 heavy (non-hydrogen) atoms. The van der Waals surface area contributed by atoms with Crippen LogP contribution in [0.15, 0.2) is 36.4 Å². The first-order chi connectivity index (χ1) is 9.72. The van der Waals surface area contributed by atoms with Gasteiger partial charge in [0.1, 0.15) is 0 Å². The van der Waals surface area contributed by atoms with E-state index in [-0.39, 0.29) is 0 Å². The van der Waals surface area contributed by atoms with Crippen molar-refractivity contribution in [3.63, 3.8) is 0 Å². The molecule has 0 spiro atoms. The van der Waals surface area contributed by atoms with Crippen molar-refractivity contribution in [1.82, 2.24) is 5.32 Å². The van der Waals surface area contributed by atoms with E-state index in [1.165, 1.54) is 21.9 Å². The Hall–Kier alpha value is -0.990. The summed E-state index contributed by atoms with van der Waals surface area (Å²) in [5.74, 6) is 1.84. The van der Waals surface area contributed by atoms with Gasteiger partial charge in [-0.15, -0.1) is 0 Å². The third-order valence-corrected chi connectivity index (χ3v) is 5.90. The van der Waals surface area contributed by atoms with Crippen LogP contribution in [0.4, 0.5) is 0 Å². The molecule has 2 aromatic rings. The zero-order chi connectivity index (χ0) is 14.1. The van der Waals surface area contributed by atoms with Crippen LogP contribution < -0.4 is 5.32 Å². The molecule has 0 aliphatic carbocycles. The van der Waals surface area contributed by atoms with Gasteiger partial charge >= 0.3 is 0 Å². The number of thioether (sulfide) groups is 1. The molecule has 0 amide bonds. The number of benzene rings is 2. The molecule has 2 aromatic carbocycles. The zero-order valence-corrected chi connectivity index (χ0v) is 13.3. The molecule has 0 saturated heterocycles. The van der Waals surface area contributed by atoms with Crippen LogP contribution in [0.1, 0.15) is 37.9 Å². The number of nitrogens with one attached hydrogen (secondary N) is 1. The van der Waals surface area contributed by atoms with E-state index in [0.717, 1.165) is 12.3 Å². The highest BCUT2D eigenvalue weighted by atomic mass is 32.2. The van der Waals surface area contributed by atoms with Crippen molar-refractivity contribution in [2.24, 2.45) is 5.92 Å². The highest BCUT2D eigenvalue weighted by Crippen LogP contribution is 2.43. The van der Waals surface area contributed by atoms with E-state index in [1.807, 2.05) is 0 Å². The largest absolute Gasteiger partial charge is 0.309 e. The molecule has 2 unspecified atom stereocenters. The van der Waals surface area contributed by atoms with Crippen LogP contribution in [0.5, 0.6) is 0 Å². The highest BCUT2D eigenvalue weighted by molar-refractivity contribution is 7.99. The molecule has 1 aliphatic rings. The maximum absolute atomic E-state index is 3.72. The second kappa shape index (κ2) is 5.79. The van der Waals surface area contributed by atoms with E-state index in [2.05, 4.69) is 74.2 Å². The summed E-state index contributed by atoms with van der Waals surface area (Å²) in [6.45, 7) is 7.92. The fraction of sp³-hybridized carbons (Fsp3) is 0.444. The van der Waals surface area contributed by atoms with Gasteiger partial charge < -0.3 is 5.32 Å². The number of hydrogen-bond acceptors (Lipinski definition) is 2. The van der Waals surface area contributed by atoms with E-state index in [1.54, 1.807) is 0 Å².